The number of nitrogens with zero attached hydrogens (tertiary/aromatic N) is 2. The summed E-state index contributed by atoms with van der Waals surface area (Å²) in [5, 5.41) is 9.48. The lowest BCUT2D eigenvalue weighted by Gasteiger charge is -2.33. The zero-order valence-corrected chi connectivity index (χ0v) is 20.0. The number of ether oxygens (including phenoxy) is 1. The van der Waals surface area contributed by atoms with Crippen LogP contribution >= 0.6 is 0 Å². The molecule has 0 aromatic heterocycles. The van der Waals surface area contributed by atoms with Crippen LogP contribution in [-0.4, -0.2) is 61.3 Å². The summed E-state index contributed by atoms with van der Waals surface area (Å²) in [5.41, 5.74) is 0. The van der Waals surface area contributed by atoms with Crippen LogP contribution in [0.5, 0.6) is 0 Å². The Kier molecular flexibility index (Phi) is 16.0. The van der Waals surface area contributed by atoms with E-state index < -0.39 is 0 Å². The Morgan fingerprint density at radius 3 is 1.87 bits per heavy atom. The van der Waals surface area contributed by atoms with Crippen molar-refractivity contribution in [2.45, 2.75) is 110 Å². The molecule has 0 saturated heterocycles. The molecule has 1 aliphatic heterocycles. The molecule has 30 heavy (non-hydrogen) atoms. The topological polar surface area (TPSA) is 58.9 Å². The van der Waals surface area contributed by atoms with Crippen LogP contribution in [0.2, 0.25) is 0 Å². The molecule has 1 N–H and O–H groups in total. The summed E-state index contributed by atoms with van der Waals surface area (Å²) in [6.07, 6.45) is 21.4. The van der Waals surface area contributed by atoms with Gasteiger partial charge in [-0.25, -0.2) is 9.79 Å². The first-order valence-electron chi connectivity index (χ1n) is 12.8. The molecule has 0 radical (unpaired) electrons. The highest BCUT2D eigenvalue weighted by Crippen LogP contribution is 2.20. The van der Waals surface area contributed by atoms with Gasteiger partial charge in [0.2, 0.25) is 0 Å². The largest absolute Gasteiger partial charge is 0.465 e. The van der Waals surface area contributed by atoms with E-state index in [0.29, 0.717) is 17.6 Å². The van der Waals surface area contributed by atoms with Crippen LogP contribution in [0.15, 0.2) is 4.99 Å². The Bertz CT molecular complexity index is 467. The van der Waals surface area contributed by atoms with Gasteiger partial charge in [0.15, 0.2) is 12.4 Å². The average Bonchev–Trinajstić information content (AvgIpc) is 3.12. The molecule has 1 atom stereocenters. The lowest BCUT2D eigenvalue weighted by atomic mass is 10.0. The van der Waals surface area contributed by atoms with Crippen molar-refractivity contribution in [3.05, 3.63) is 0 Å². The van der Waals surface area contributed by atoms with E-state index in [4.69, 9.17) is 4.74 Å². The molecule has 1 rings (SSSR count). The molecule has 0 aliphatic carbocycles. The third-order valence-corrected chi connectivity index (χ3v) is 6.56. The van der Waals surface area contributed by atoms with Crippen molar-refractivity contribution >= 4 is 11.8 Å². The van der Waals surface area contributed by atoms with Crippen LogP contribution in [0.4, 0.5) is 0 Å². The number of carbonyl (C=O) groups is 1. The van der Waals surface area contributed by atoms with Crippen LogP contribution < -0.4 is 0 Å². The van der Waals surface area contributed by atoms with Gasteiger partial charge in [-0.2, -0.15) is 0 Å². The van der Waals surface area contributed by atoms with Crippen molar-refractivity contribution in [2.24, 2.45) is 4.99 Å². The van der Waals surface area contributed by atoms with Gasteiger partial charge in [0.25, 0.3) is 0 Å². The van der Waals surface area contributed by atoms with Gasteiger partial charge in [0.05, 0.1) is 20.3 Å². The molecule has 5 nitrogen and oxygen atoms in total. The minimum atomic E-state index is -0.213. The van der Waals surface area contributed by atoms with E-state index in [1.807, 2.05) is 0 Å². The lowest BCUT2D eigenvalue weighted by Crippen LogP contribution is -2.55. The number of carbonyl (C=O) groups excluding carboxylic acids is 1. The molecule has 0 aromatic carbocycles. The second-order valence-electron chi connectivity index (χ2n) is 9.05. The molecular formula is C25H49N2O3+. The number of esters is 1. The number of unbranched alkanes of at least 4 members (excludes halogenated alkanes) is 14. The van der Waals surface area contributed by atoms with Crippen LogP contribution in [0.3, 0.4) is 0 Å². The Morgan fingerprint density at radius 1 is 0.900 bits per heavy atom. The van der Waals surface area contributed by atoms with Crippen molar-refractivity contribution in [1.82, 2.24) is 0 Å². The maximum atomic E-state index is 11.8. The summed E-state index contributed by atoms with van der Waals surface area (Å²) in [6, 6.07) is 0. The number of rotatable bonds is 20. The number of aliphatic imine (C=N–C) groups is 1. The smallest absolute Gasteiger partial charge is 0.361 e. The molecule has 0 amide bonds. The molecule has 0 fully saturated rings. The highest BCUT2D eigenvalue weighted by molar-refractivity contribution is 5.80. The van der Waals surface area contributed by atoms with Gasteiger partial charge in [-0.05, 0) is 6.42 Å². The van der Waals surface area contributed by atoms with Crippen LogP contribution in [0.1, 0.15) is 110 Å². The maximum absolute atomic E-state index is 11.8. The number of amidine groups is 1. The summed E-state index contributed by atoms with van der Waals surface area (Å²) in [7, 11) is 1.43. The zero-order chi connectivity index (χ0) is 21.9. The minimum absolute atomic E-state index is 0.0782. The number of aliphatic hydroxyl groups excluding tert-OH is 1. The van der Waals surface area contributed by atoms with Crippen LogP contribution in [-0.2, 0) is 9.53 Å². The first kappa shape index (κ1) is 27.1. The summed E-state index contributed by atoms with van der Waals surface area (Å²) in [6.45, 7) is 4.78. The van der Waals surface area contributed by atoms with Gasteiger partial charge >= 0.3 is 5.97 Å². The SMILES string of the molecule is CCCCCCCCCCCCCCCCCC1=NCC[N+]1(CCO)CC(=O)OC. The number of aliphatic hydroxyl groups is 1. The van der Waals surface area contributed by atoms with E-state index >= 15 is 0 Å². The monoisotopic (exact) mass is 425 g/mol. The van der Waals surface area contributed by atoms with Gasteiger partial charge in [-0.15, -0.1) is 0 Å². The van der Waals surface area contributed by atoms with E-state index in [2.05, 4.69) is 11.9 Å². The molecule has 1 aliphatic rings. The molecule has 0 aromatic rings. The second-order valence-corrected chi connectivity index (χ2v) is 9.05. The van der Waals surface area contributed by atoms with E-state index in [9.17, 15) is 9.90 Å². The van der Waals surface area contributed by atoms with Gasteiger partial charge in [-0.3, -0.25) is 4.48 Å². The van der Waals surface area contributed by atoms with E-state index in [1.165, 1.54) is 97.0 Å². The summed E-state index contributed by atoms with van der Waals surface area (Å²) < 4.78 is 5.37. The maximum Gasteiger partial charge on any atom is 0.361 e. The van der Waals surface area contributed by atoms with E-state index in [0.717, 1.165) is 31.8 Å². The Morgan fingerprint density at radius 2 is 1.40 bits per heavy atom. The Hall–Kier alpha value is -0.940. The minimum Gasteiger partial charge on any atom is -0.465 e. The number of hydrogen-bond donors (Lipinski definition) is 1. The number of hydrogen-bond acceptors (Lipinski definition) is 4. The van der Waals surface area contributed by atoms with E-state index in [-0.39, 0.29) is 12.6 Å². The summed E-state index contributed by atoms with van der Waals surface area (Å²) in [4.78, 5) is 16.5. The first-order valence-corrected chi connectivity index (χ1v) is 12.8. The fourth-order valence-corrected chi connectivity index (χ4v) is 4.61. The van der Waals surface area contributed by atoms with Gasteiger partial charge < -0.3 is 9.84 Å². The van der Waals surface area contributed by atoms with Crippen molar-refractivity contribution < 1.29 is 19.1 Å². The van der Waals surface area contributed by atoms with Crippen LogP contribution in [0.25, 0.3) is 0 Å². The predicted molar refractivity (Wildman–Crippen MR) is 126 cm³/mol. The van der Waals surface area contributed by atoms with Gasteiger partial charge in [0.1, 0.15) is 13.1 Å². The highest BCUT2D eigenvalue weighted by atomic mass is 16.5. The zero-order valence-electron chi connectivity index (χ0n) is 20.0. The van der Waals surface area contributed by atoms with Gasteiger partial charge in [0, 0.05) is 6.42 Å². The second kappa shape index (κ2) is 17.7. The van der Waals surface area contributed by atoms with Crippen LogP contribution in [0, 0.1) is 0 Å². The Balaban J connectivity index is 2.02. The van der Waals surface area contributed by atoms with Crippen molar-refractivity contribution in [3.8, 4) is 0 Å². The standard InChI is InChI=1S/C25H49N2O3/c1-3-4-5-6-7-8-9-10-11-12-13-14-15-16-17-18-24-26-19-20-27(24,21-22-28)23-25(29)30-2/h28H,3-23H2,1-2H3/q+1. The molecule has 5 heteroatoms. The average molecular weight is 426 g/mol. The molecule has 0 saturated carbocycles. The molecular weight excluding hydrogens is 376 g/mol. The normalized spacial score (nSPS) is 18.6. The molecule has 1 unspecified atom stereocenters. The van der Waals surface area contributed by atoms with Crippen molar-refractivity contribution in [2.75, 3.05) is 39.9 Å². The predicted octanol–water partition coefficient (Wildman–Crippen LogP) is 5.64. The van der Waals surface area contributed by atoms with Gasteiger partial charge in [-0.1, -0.05) is 96.8 Å². The Labute approximate surface area is 185 Å². The van der Waals surface area contributed by atoms with E-state index in [1.54, 1.807) is 0 Å². The van der Waals surface area contributed by atoms with Crippen molar-refractivity contribution in [1.29, 1.82) is 0 Å². The fraction of sp³-hybridized carbons (Fsp3) is 0.920. The highest BCUT2D eigenvalue weighted by Gasteiger charge is 2.39. The third kappa shape index (κ3) is 11.5. The summed E-state index contributed by atoms with van der Waals surface area (Å²) in [5.74, 6) is 0.874. The summed E-state index contributed by atoms with van der Waals surface area (Å²) >= 11 is 0. The first-order chi connectivity index (χ1) is 14.7. The number of quaternary nitrogens is 1. The number of methoxy groups -OCH3 is 1. The molecule has 1 heterocycles. The quantitative estimate of drug-likeness (QED) is 0.156. The third-order valence-electron chi connectivity index (χ3n) is 6.56. The molecule has 0 spiro atoms. The van der Waals surface area contributed by atoms with Crippen molar-refractivity contribution in [3.63, 3.8) is 0 Å². The lowest BCUT2D eigenvalue weighted by molar-refractivity contribution is -0.829. The molecule has 0 bridgehead atoms. The fourth-order valence-electron chi connectivity index (χ4n) is 4.61. The molecule has 176 valence electrons.